The molecule has 0 unspecified atom stereocenters. The smallest absolute Gasteiger partial charge is 0.251 e. The first-order valence-corrected chi connectivity index (χ1v) is 11.1. The second kappa shape index (κ2) is 12.5. The Kier molecular flexibility index (Phi) is 9.19. The summed E-state index contributed by atoms with van der Waals surface area (Å²) < 4.78 is 0. The molecule has 0 bridgehead atoms. The number of pyridine rings is 1. The standard InChI is InChI=1S/C25H32N6O2/c1-2-19-7-3-8-20(15-19)17-28-12-6-14-30-25(32)22-10-4-9-21(16-22)18-33-31(27)24-23(26)11-5-13-29-24/h3-5,7-11,13,15-16,28H,2,6,12,14,17-18,26-27H2,1H3,(H,30,32). The van der Waals surface area contributed by atoms with E-state index in [4.69, 9.17) is 16.4 Å². The summed E-state index contributed by atoms with van der Waals surface area (Å²) in [4.78, 5) is 22.1. The van der Waals surface area contributed by atoms with E-state index < -0.39 is 0 Å². The van der Waals surface area contributed by atoms with Gasteiger partial charge < -0.3 is 16.4 Å². The maximum absolute atomic E-state index is 12.5. The molecule has 0 radical (unpaired) electrons. The molecule has 0 spiro atoms. The highest BCUT2D eigenvalue weighted by molar-refractivity contribution is 5.94. The van der Waals surface area contributed by atoms with Gasteiger partial charge in [-0.15, -0.1) is 0 Å². The molecule has 1 heterocycles. The van der Waals surface area contributed by atoms with Crippen molar-refractivity contribution in [2.75, 3.05) is 24.0 Å². The Hall–Kier alpha value is -3.46. The van der Waals surface area contributed by atoms with Gasteiger partial charge in [-0.3, -0.25) is 9.63 Å². The van der Waals surface area contributed by atoms with Crippen molar-refractivity contribution in [1.82, 2.24) is 15.6 Å². The average molecular weight is 449 g/mol. The Balaban J connectivity index is 1.38. The molecule has 0 atom stereocenters. The lowest BCUT2D eigenvalue weighted by Gasteiger charge is -2.18. The Bertz CT molecular complexity index is 1040. The van der Waals surface area contributed by atoms with Crippen molar-refractivity contribution in [1.29, 1.82) is 0 Å². The highest BCUT2D eigenvalue weighted by atomic mass is 16.7. The van der Waals surface area contributed by atoms with Gasteiger partial charge in [0.1, 0.15) is 6.61 Å². The zero-order valence-electron chi connectivity index (χ0n) is 19.0. The maximum atomic E-state index is 12.5. The van der Waals surface area contributed by atoms with Gasteiger partial charge in [-0.05, 0) is 60.3 Å². The highest BCUT2D eigenvalue weighted by Crippen LogP contribution is 2.17. The molecule has 0 saturated carbocycles. The van der Waals surface area contributed by atoms with Crippen molar-refractivity contribution < 1.29 is 9.63 Å². The molecule has 0 fully saturated rings. The van der Waals surface area contributed by atoms with Gasteiger partial charge in [-0.1, -0.05) is 43.3 Å². The molecule has 174 valence electrons. The number of rotatable bonds is 12. The van der Waals surface area contributed by atoms with E-state index in [1.807, 2.05) is 12.1 Å². The molecular formula is C25H32N6O2. The number of hydrazine groups is 1. The van der Waals surface area contributed by atoms with Crippen LogP contribution in [0.4, 0.5) is 11.5 Å². The van der Waals surface area contributed by atoms with E-state index in [0.29, 0.717) is 23.6 Å². The topological polar surface area (TPSA) is 119 Å². The van der Waals surface area contributed by atoms with Crippen LogP contribution in [0, 0.1) is 0 Å². The highest BCUT2D eigenvalue weighted by Gasteiger charge is 2.10. The molecule has 8 nitrogen and oxygen atoms in total. The fraction of sp³-hybridized carbons (Fsp3) is 0.280. The number of carbonyl (C=O) groups is 1. The van der Waals surface area contributed by atoms with Crippen LogP contribution < -0.4 is 27.4 Å². The fourth-order valence-electron chi connectivity index (χ4n) is 3.31. The van der Waals surface area contributed by atoms with Gasteiger partial charge in [-0.2, -0.15) is 5.17 Å². The van der Waals surface area contributed by atoms with Crippen molar-refractivity contribution in [3.05, 3.63) is 89.1 Å². The molecule has 33 heavy (non-hydrogen) atoms. The lowest BCUT2D eigenvalue weighted by atomic mass is 10.1. The molecular weight excluding hydrogens is 416 g/mol. The quantitative estimate of drug-likeness (QED) is 0.191. The minimum absolute atomic E-state index is 0.119. The molecule has 1 amide bonds. The van der Waals surface area contributed by atoms with Crippen LogP contribution in [0.5, 0.6) is 0 Å². The van der Waals surface area contributed by atoms with E-state index in [2.05, 4.69) is 46.8 Å². The lowest BCUT2D eigenvalue weighted by molar-refractivity contribution is 0.0926. The third-order valence-corrected chi connectivity index (χ3v) is 5.13. The van der Waals surface area contributed by atoms with Gasteiger partial charge in [0, 0.05) is 24.8 Å². The minimum atomic E-state index is -0.119. The number of hydrogen-bond acceptors (Lipinski definition) is 7. The number of nitrogen functional groups attached to an aromatic ring is 1. The summed E-state index contributed by atoms with van der Waals surface area (Å²) in [5.41, 5.74) is 10.3. The third kappa shape index (κ3) is 7.57. The Morgan fingerprint density at radius 3 is 2.64 bits per heavy atom. The number of aryl methyl sites for hydroxylation is 1. The van der Waals surface area contributed by atoms with Crippen LogP contribution in [0.3, 0.4) is 0 Å². The summed E-state index contributed by atoms with van der Waals surface area (Å²) in [5, 5.41) is 7.42. The van der Waals surface area contributed by atoms with Crippen molar-refractivity contribution >= 4 is 17.4 Å². The summed E-state index contributed by atoms with van der Waals surface area (Å²) in [6.07, 6.45) is 3.46. The van der Waals surface area contributed by atoms with Crippen molar-refractivity contribution in [3.8, 4) is 0 Å². The number of aromatic nitrogens is 1. The molecule has 2 aromatic carbocycles. The van der Waals surface area contributed by atoms with Crippen LogP contribution in [0.1, 0.15) is 40.4 Å². The maximum Gasteiger partial charge on any atom is 0.251 e. The predicted molar refractivity (Wildman–Crippen MR) is 131 cm³/mol. The van der Waals surface area contributed by atoms with Crippen molar-refractivity contribution in [3.63, 3.8) is 0 Å². The van der Waals surface area contributed by atoms with E-state index in [0.717, 1.165) is 36.7 Å². The van der Waals surface area contributed by atoms with Crippen molar-refractivity contribution in [2.45, 2.75) is 32.9 Å². The molecule has 6 N–H and O–H groups in total. The first-order valence-electron chi connectivity index (χ1n) is 11.1. The number of nitrogens with two attached hydrogens (primary N) is 2. The van der Waals surface area contributed by atoms with Gasteiger partial charge >= 0.3 is 0 Å². The minimum Gasteiger partial charge on any atom is -0.396 e. The second-order valence-electron chi connectivity index (χ2n) is 7.68. The molecule has 0 aliphatic rings. The van der Waals surface area contributed by atoms with Crippen LogP contribution in [0.15, 0.2) is 66.9 Å². The first kappa shape index (κ1) is 24.2. The second-order valence-corrected chi connectivity index (χ2v) is 7.68. The zero-order valence-corrected chi connectivity index (χ0v) is 19.0. The van der Waals surface area contributed by atoms with Gasteiger partial charge in [-0.25, -0.2) is 10.8 Å². The summed E-state index contributed by atoms with van der Waals surface area (Å²) in [6.45, 7) is 4.58. The lowest BCUT2D eigenvalue weighted by Crippen LogP contribution is -2.32. The first-order chi connectivity index (χ1) is 16.1. The van der Waals surface area contributed by atoms with Crippen LogP contribution in [0.25, 0.3) is 0 Å². The van der Waals surface area contributed by atoms with E-state index in [9.17, 15) is 4.79 Å². The molecule has 0 aliphatic heterocycles. The number of anilines is 2. The van der Waals surface area contributed by atoms with Crippen LogP contribution >= 0.6 is 0 Å². The summed E-state index contributed by atoms with van der Waals surface area (Å²) in [7, 11) is 0. The summed E-state index contributed by atoms with van der Waals surface area (Å²) in [5.74, 6) is 6.09. The number of nitrogens with zero attached hydrogens (tertiary/aromatic N) is 2. The van der Waals surface area contributed by atoms with Crippen LogP contribution in [0.2, 0.25) is 0 Å². The van der Waals surface area contributed by atoms with E-state index >= 15 is 0 Å². The van der Waals surface area contributed by atoms with Crippen LogP contribution in [-0.4, -0.2) is 24.0 Å². The SMILES string of the molecule is CCc1cccc(CNCCCNC(=O)c2cccc(CON(N)c3ncccc3N)c2)c1. The predicted octanol–water partition coefficient (Wildman–Crippen LogP) is 2.95. The number of carbonyl (C=O) groups excluding carboxylic acids is 1. The van der Waals surface area contributed by atoms with Crippen LogP contribution in [-0.2, 0) is 24.4 Å². The average Bonchev–Trinajstić information content (AvgIpc) is 2.85. The Labute approximate surface area is 194 Å². The van der Waals surface area contributed by atoms with Gasteiger partial charge in [0.15, 0.2) is 5.82 Å². The number of nitrogens with one attached hydrogen (secondary N) is 2. The molecule has 3 aromatic rings. The fourth-order valence-corrected chi connectivity index (χ4v) is 3.31. The third-order valence-electron chi connectivity index (χ3n) is 5.13. The number of hydrogen-bond donors (Lipinski definition) is 4. The zero-order chi connectivity index (χ0) is 23.5. The number of benzene rings is 2. The normalized spacial score (nSPS) is 10.7. The van der Waals surface area contributed by atoms with Gasteiger partial charge in [0.2, 0.25) is 0 Å². The molecule has 3 rings (SSSR count). The summed E-state index contributed by atoms with van der Waals surface area (Å²) >= 11 is 0. The Morgan fingerprint density at radius 2 is 1.82 bits per heavy atom. The van der Waals surface area contributed by atoms with Gasteiger partial charge in [0.05, 0.1) is 5.69 Å². The summed E-state index contributed by atoms with van der Waals surface area (Å²) in [6, 6.07) is 19.2. The largest absolute Gasteiger partial charge is 0.396 e. The molecule has 0 aliphatic carbocycles. The molecule has 8 heteroatoms. The Morgan fingerprint density at radius 1 is 1.03 bits per heavy atom. The van der Waals surface area contributed by atoms with Crippen molar-refractivity contribution in [2.24, 2.45) is 5.84 Å². The van der Waals surface area contributed by atoms with E-state index in [1.54, 1.807) is 30.5 Å². The van der Waals surface area contributed by atoms with Gasteiger partial charge in [0.25, 0.3) is 5.91 Å². The van der Waals surface area contributed by atoms with E-state index in [1.165, 1.54) is 11.1 Å². The molecule has 0 saturated heterocycles. The monoisotopic (exact) mass is 448 g/mol. The number of amides is 1. The molecule has 1 aromatic heterocycles. The van der Waals surface area contributed by atoms with E-state index in [-0.39, 0.29) is 12.5 Å².